The third-order valence-electron chi connectivity index (χ3n) is 8.30. The molecular formula is C28H39F2N9O2. The molecule has 2 aliphatic rings. The fourth-order valence-electron chi connectivity index (χ4n) is 6.02. The van der Waals surface area contributed by atoms with Gasteiger partial charge in [-0.3, -0.25) is 10.1 Å². The van der Waals surface area contributed by atoms with E-state index in [1.807, 2.05) is 0 Å². The molecule has 41 heavy (non-hydrogen) atoms. The molecule has 2 aliphatic heterocycles. The van der Waals surface area contributed by atoms with Gasteiger partial charge >= 0.3 is 5.97 Å². The van der Waals surface area contributed by atoms with Gasteiger partial charge in [0, 0.05) is 56.9 Å². The highest BCUT2D eigenvalue weighted by Crippen LogP contribution is 2.31. The van der Waals surface area contributed by atoms with Crippen LogP contribution in [0, 0.1) is 24.5 Å². The number of hydrogen-bond acceptors (Lipinski definition) is 9. The van der Waals surface area contributed by atoms with Crippen molar-refractivity contribution in [3.8, 4) is 11.3 Å². The molecular weight excluding hydrogens is 532 g/mol. The monoisotopic (exact) mass is 571 g/mol. The number of halogens is 2. The summed E-state index contributed by atoms with van der Waals surface area (Å²) in [5.41, 5.74) is 7.19. The van der Waals surface area contributed by atoms with E-state index in [-0.39, 0.29) is 41.4 Å². The van der Waals surface area contributed by atoms with Crippen LogP contribution in [-0.2, 0) is 4.79 Å². The molecule has 3 unspecified atom stereocenters. The van der Waals surface area contributed by atoms with E-state index >= 15 is 4.39 Å². The van der Waals surface area contributed by atoms with E-state index < -0.39 is 23.6 Å². The summed E-state index contributed by atoms with van der Waals surface area (Å²) in [5, 5.41) is 16.0. The predicted octanol–water partition coefficient (Wildman–Crippen LogP) is 2.43. The number of anilines is 1. The second-order valence-corrected chi connectivity index (χ2v) is 11.2. The van der Waals surface area contributed by atoms with Gasteiger partial charge in [0.2, 0.25) is 5.95 Å². The topological polar surface area (TPSA) is 137 Å². The summed E-state index contributed by atoms with van der Waals surface area (Å²) in [6.07, 6.45) is 1.35. The first-order valence-electron chi connectivity index (χ1n) is 14.3. The Labute approximate surface area is 238 Å². The number of benzene rings is 1. The molecule has 13 heteroatoms. The predicted molar refractivity (Wildman–Crippen MR) is 152 cm³/mol. The van der Waals surface area contributed by atoms with E-state index in [0.29, 0.717) is 23.7 Å². The highest BCUT2D eigenvalue weighted by molar-refractivity contribution is 5.83. The van der Waals surface area contributed by atoms with Crippen molar-refractivity contribution >= 4 is 23.0 Å². The summed E-state index contributed by atoms with van der Waals surface area (Å²) in [6.45, 7) is 12.6. The lowest BCUT2D eigenvalue weighted by Gasteiger charge is -2.40. The van der Waals surface area contributed by atoms with Crippen molar-refractivity contribution in [1.29, 1.82) is 0 Å². The minimum Gasteiger partial charge on any atom is -0.481 e. The molecule has 2 saturated heterocycles. The molecule has 0 radical (unpaired) electrons. The van der Waals surface area contributed by atoms with Gasteiger partial charge in [0.05, 0.1) is 24.3 Å². The number of aromatic nitrogens is 4. The summed E-state index contributed by atoms with van der Waals surface area (Å²) in [7, 11) is 0. The van der Waals surface area contributed by atoms with Gasteiger partial charge in [-0.2, -0.15) is 0 Å². The molecule has 2 fully saturated rings. The van der Waals surface area contributed by atoms with E-state index in [2.05, 4.69) is 42.3 Å². The van der Waals surface area contributed by atoms with Gasteiger partial charge in [0.15, 0.2) is 11.6 Å². The maximum absolute atomic E-state index is 15.1. The summed E-state index contributed by atoms with van der Waals surface area (Å²) in [5.74, 6) is -1.34. The van der Waals surface area contributed by atoms with Gasteiger partial charge < -0.3 is 30.5 Å². The van der Waals surface area contributed by atoms with Crippen molar-refractivity contribution in [3.05, 3.63) is 35.8 Å². The van der Waals surface area contributed by atoms with E-state index in [9.17, 15) is 14.3 Å². The van der Waals surface area contributed by atoms with Crippen molar-refractivity contribution in [1.82, 2.24) is 34.6 Å². The van der Waals surface area contributed by atoms with E-state index in [4.69, 9.17) is 5.73 Å². The minimum atomic E-state index is -0.981. The molecule has 0 amide bonds. The van der Waals surface area contributed by atoms with Gasteiger partial charge in [-0.15, -0.1) is 0 Å². The Morgan fingerprint density at radius 1 is 1.20 bits per heavy atom. The molecule has 0 aliphatic carbocycles. The normalized spacial score (nSPS) is 23.1. The Bertz CT molecular complexity index is 1390. The third-order valence-corrected chi connectivity index (χ3v) is 8.30. The van der Waals surface area contributed by atoms with Crippen LogP contribution in [0.3, 0.4) is 0 Å². The summed E-state index contributed by atoms with van der Waals surface area (Å²) in [4.78, 5) is 29.0. The molecule has 11 nitrogen and oxygen atoms in total. The average molecular weight is 572 g/mol. The lowest BCUT2D eigenvalue weighted by atomic mass is 9.91. The fourth-order valence-corrected chi connectivity index (χ4v) is 6.02. The number of likely N-dealkylation sites (N-methyl/N-ethyl adjacent to an activating group) is 1. The average Bonchev–Trinajstić information content (AvgIpc) is 3.27. The number of nitrogens with two attached hydrogens (primary N) is 1. The van der Waals surface area contributed by atoms with Gasteiger partial charge in [-0.1, -0.05) is 6.92 Å². The number of carboxylic acid groups (broad SMARTS) is 1. The van der Waals surface area contributed by atoms with Crippen molar-refractivity contribution in [2.75, 3.05) is 51.1 Å². The highest BCUT2D eigenvalue weighted by atomic mass is 19.1. The zero-order valence-corrected chi connectivity index (χ0v) is 23.8. The van der Waals surface area contributed by atoms with Crippen LogP contribution < -0.4 is 16.4 Å². The van der Waals surface area contributed by atoms with Gasteiger partial charge in [-0.05, 0) is 44.9 Å². The second kappa shape index (κ2) is 12.3. The van der Waals surface area contributed by atoms with Crippen LogP contribution in [0.25, 0.3) is 22.3 Å². The maximum Gasteiger partial charge on any atom is 0.305 e. The molecule has 5 N–H and O–H groups in total. The number of imidazole rings is 1. The van der Waals surface area contributed by atoms with Crippen molar-refractivity contribution < 1.29 is 18.7 Å². The standard InChI is InChI=1S/C28H39F2N9O2/c1-4-37-5-7-38(8-6-37)15-19-13-32-24(12-22(19)31)35-28-33-14-21(30)26(36-28)18-10-20(29)27-23(11-18)39(17(3)34-27)16(2)9-25(40)41/h10-11,14,16,19,22,24,32H,4-9,12-13,15,31H2,1-3H3,(H,40,41)(H,33,35,36)/t16-,19?,22?,24?/m1/s1. The lowest BCUT2D eigenvalue weighted by Crippen LogP contribution is -2.57. The molecule has 5 rings (SSSR count). The summed E-state index contributed by atoms with van der Waals surface area (Å²) in [6, 6.07) is 2.28. The molecule has 4 atom stereocenters. The number of carboxylic acids is 1. The SMILES string of the molecule is CCN1CCN(CC2CNC(Nc3ncc(F)c(-c4cc(F)c5nc(C)n([C@H](C)CC(=O)O)c5c4)n3)CC2N)CC1. The van der Waals surface area contributed by atoms with Crippen LogP contribution >= 0.6 is 0 Å². The van der Waals surface area contributed by atoms with Crippen LogP contribution in [0.4, 0.5) is 14.7 Å². The molecule has 2 aromatic heterocycles. The minimum absolute atomic E-state index is 0.0225. The summed E-state index contributed by atoms with van der Waals surface area (Å²) < 4.78 is 31.8. The van der Waals surface area contributed by atoms with Crippen molar-refractivity contribution in [2.24, 2.45) is 11.7 Å². The van der Waals surface area contributed by atoms with Crippen LogP contribution in [0.1, 0.15) is 38.6 Å². The molecule has 0 bridgehead atoms. The quantitative estimate of drug-likeness (QED) is 0.303. The number of nitrogens with zero attached hydrogens (tertiary/aromatic N) is 6. The number of piperazine rings is 1. The molecule has 0 saturated carbocycles. The zero-order valence-electron chi connectivity index (χ0n) is 23.8. The number of carbonyl (C=O) groups is 1. The first-order valence-corrected chi connectivity index (χ1v) is 14.3. The van der Waals surface area contributed by atoms with E-state index in [1.54, 1.807) is 24.5 Å². The summed E-state index contributed by atoms with van der Waals surface area (Å²) >= 11 is 0. The molecule has 4 heterocycles. The first-order chi connectivity index (χ1) is 19.6. The van der Waals surface area contributed by atoms with E-state index in [0.717, 1.165) is 52.0 Å². The second-order valence-electron chi connectivity index (χ2n) is 11.2. The van der Waals surface area contributed by atoms with Crippen LogP contribution in [0.2, 0.25) is 0 Å². The Hall–Kier alpha value is -3.26. The number of aryl methyl sites for hydroxylation is 1. The number of piperidine rings is 1. The number of rotatable bonds is 9. The van der Waals surface area contributed by atoms with Gasteiger partial charge in [0.25, 0.3) is 0 Å². The lowest BCUT2D eigenvalue weighted by molar-refractivity contribution is -0.137. The molecule has 3 aromatic rings. The molecule has 0 spiro atoms. The Balaban J connectivity index is 1.30. The molecule has 222 valence electrons. The Kier molecular flexibility index (Phi) is 8.78. The van der Waals surface area contributed by atoms with Gasteiger partial charge in [0.1, 0.15) is 17.0 Å². The fraction of sp³-hybridized carbons (Fsp3) is 0.571. The third kappa shape index (κ3) is 6.48. The van der Waals surface area contributed by atoms with E-state index in [1.165, 1.54) is 6.07 Å². The van der Waals surface area contributed by atoms with Crippen LogP contribution in [-0.4, -0.2) is 98.4 Å². The van der Waals surface area contributed by atoms with Crippen molar-refractivity contribution in [2.45, 2.75) is 51.9 Å². The number of aliphatic carboxylic acids is 1. The maximum atomic E-state index is 15.1. The largest absolute Gasteiger partial charge is 0.481 e. The number of nitrogens with one attached hydrogen (secondary N) is 2. The van der Waals surface area contributed by atoms with Crippen LogP contribution in [0.5, 0.6) is 0 Å². The van der Waals surface area contributed by atoms with Gasteiger partial charge in [-0.25, -0.2) is 23.7 Å². The first kappa shape index (κ1) is 29.2. The zero-order chi connectivity index (χ0) is 29.3. The Morgan fingerprint density at radius 2 is 1.93 bits per heavy atom. The number of fused-ring (bicyclic) bond motifs is 1. The van der Waals surface area contributed by atoms with Crippen LogP contribution in [0.15, 0.2) is 18.3 Å². The van der Waals surface area contributed by atoms with Crippen molar-refractivity contribution in [3.63, 3.8) is 0 Å². The molecule has 1 aromatic carbocycles. The number of hydrogen-bond donors (Lipinski definition) is 4. The smallest absolute Gasteiger partial charge is 0.305 e. The Morgan fingerprint density at radius 3 is 2.61 bits per heavy atom. The highest BCUT2D eigenvalue weighted by Gasteiger charge is 2.30.